The number of benzene rings is 1. The fourth-order valence-corrected chi connectivity index (χ4v) is 2.18. The lowest BCUT2D eigenvalue weighted by Gasteiger charge is -2.30. The van der Waals surface area contributed by atoms with E-state index in [1.54, 1.807) is 4.90 Å². The Labute approximate surface area is 110 Å². The molecule has 0 spiro atoms. The number of rotatable bonds is 2. The summed E-state index contributed by atoms with van der Waals surface area (Å²) in [6.45, 7) is 3.44. The molecule has 1 heterocycles. The smallest absolute Gasteiger partial charge is 0.304 e. The van der Waals surface area contributed by atoms with Gasteiger partial charge >= 0.3 is 5.69 Å². The van der Waals surface area contributed by atoms with Crippen LogP contribution < -0.4 is 0 Å². The molecule has 0 radical (unpaired) electrons. The number of hydrogen-bond donors (Lipinski definition) is 0. The number of nitro benzene ring substituents is 1. The van der Waals surface area contributed by atoms with E-state index in [0.29, 0.717) is 19.0 Å². The van der Waals surface area contributed by atoms with Crippen LogP contribution in [0.5, 0.6) is 0 Å². The standard InChI is InChI=1S/C13H15FN2O3/c1-9-4-6-15(7-5-9)13(17)10-2-3-12(16(18)19)11(14)8-10/h2-3,8-9H,4-7H2,1H3. The molecule has 0 bridgehead atoms. The van der Waals surface area contributed by atoms with Crippen molar-refractivity contribution in [3.63, 3.8) is 0 Å². The molecule has 0 atom stereocenters. The zero-order valence-electron chi connectivity index (χ0n) is 10.6. The van der Waals surface area contributed by atoms with Crippen LogP contribution in [0, 0.1) is 21.8 Å². The minimum absolute atomic E-state index is 0.164. The summed E-state index contributed by atoms with van der Waals surface area (Å²) in [5, 5.41) is 10.5. The molecule has 1 aromatic rings. The quantitative estimate of drug-likeness (QED) is 0.610. The Balaban J connectivity index is 2.16. The van der Waals surface area contributed by atoms with E-state index in [0.717, 1.165) is 25.0 Å². The van der Waals surface area contributed by atoms with Gasteiger partial charge < -0.3 is 4.90 Å². The summed E-state index contributed by atoms with van der Waals surface area (Å²) in [6, 6.07) is 3.29. The van der Waals surface area contributed by atoms with Crippen molar-refractivity contribution in [2.75, 3.05) is 13.1 Å². The molecule has 0 N–H and O–H groups in total. The highest BCUT2D eigenvalue weighted by Crippen LogP contribution is 2.21. The molecule has 1 aliphatic heterocycles. The molecule has 1 saturated heterocycles. The molecule has 1 fully saturated rings. The van der Waals surface area contributed by atoms with Crippen LogP contribution in [-0.4, -0.2) is 28.8 Å². The molecule has 19 heavy (non-hydrogen) atoms. The summed E-state index contributed by atoms with van der Waals surface area (Å²) in [7, 11) is 0. The van der Waals surface area contributed by atoms with Gasteiger partial charge in [-0.25, -0.2) is 0 Å². The highest BCUT2D eigenvalue weighted by atomic mass is 19.1. The third-order valence-electron chi connectivity index (χ3n) is 3.46. The minimum atomic E-state index is -0.971. The van der Waals surface area contributed by atoms with Crippen molar-refractivity contribution >= 4 is 11.6 Å². The first kappa shape index (κ1) is 13.5. The summed E-state index contributed by atoms with van der Waals surface area (Å²) in [6.07, 6.45) is 1.86. The second-order valence-corrected chi connectivity index (χ2v) is 4.90. The number of hydrogen-bond acceptors (Lipinski definition) is 3. The van der Waals surface area contributed by atoms with Crippen LogP contribution in [0.1, 0.15) is 30.1 Å². The molecule has 0 aromatic heterocycles. The van der Waals surface area contributed by atoms with Crippen LogP contribution >= 0.6 is 0 Å². The van der Waals surface area contributed by atoms with E-state index in [-0.39, 0.29) is 11.5 Å². The number of carbonyl (C=O) groups excluding carboxylic acids is 1. The van der Waals surface area contributed by atoms with Crippen molar-refractivity contribution in [1.82, 2.24) is 4.90 Å². The third-order valence-corrected chi connectivity index (χ3v) is 3.46. The molecule has 0 unspecified atom stereocenters. The normalized spacial score (nSPS) is 16.4. The summed E-state index contributed by atoms with van der Waals surface area (Å²) in [5.41, 5.74) is -0.443. The third kappa shape index (κ3) is 2.89. The van der Waals surface area contributed by atoms with E-state index >= 15 is 0 Å². The van der Waals surface area contributed by atoms with Crippen molar-refractivity contribution in [3.8, 4) is 0 Å². The van der Waals surface area contributed by atoms with Crippen LogP contribution in [0.4, 0.5) is 10.1 Å². The van der Waals surface area contributed by atoms with Gasteiger partial charge in [-0.15, -0.1) is 0 Å². The zero-order valence-corrected chi connectivity index (χ0v) is 10.6. The first-order valence-electron chi connectivity index (χ1n) is 6.22. The number of piperidine rings is 1. The SMILES string of the molecule is CC1CCN(C(=O)c2ccc([N+](=O)[O-])c(F)c2)CC1. The van der Waals surface area contributed by atoms with Gasteiger partial charge in [0.05, 0.1) is 4.92 Å². The summed E-state index contributed by atoms with van der Waals surface area (Å²) in [5.74, 6) is -0.639. The van der Waals surface area contributed by atoms with E-state index in [4.69, 9.17) is 0 Å². The summed E-state index contributed by atoms with van der Waals surface area (Å²) in [4.78, 5) is 23.5. The van der Waals surface area contributed by atoms with Gasteiger partial charge in [0, 0.05) is 24.7 Å². The Morgan fingerprint density at radius 1 is 1.42 bits per heavy atom. The number of carbonyl (C=O) groups is 1. The fraction of sp³-hybridized carbons (Fsp3) is 0.462. The number of nitrogens with zero attached hydrogens (tertiary/aromatic N) is 2. The highest BCUT2D eigenvalue weighted by molar-refractivity contribution is 5.94. The molecule has 5 nitrogen and oxygen atoms in total. The molecule has 2 rings (SSSR count). The first-order chi connectivity index (χ1) is 8.99. The topological polar surface area (TPSA) is 63.5 Å². The Bertz CT molecular complexity index is 511. The zero-order chi connectivity index (χ0) is 14.0. The monoisotopic (exact) mass is 266 g/mol. The lowest BCUT2D eigenvalue weighted by molar-refractivity contribution is -0.387. The molecule has 0 saturated carbocycles. The van der Waals surface area contributed by atoms with Crippen LogP contribution in [0.15, 0.2) is 18.2 Å². The van der Waals surface area contributed by atoms with Gasteiger partial charge in [0.1, 0.15) is 0 Å². The predicted molar refractivity (Wildman–Crippen MR) is 67.4 cm³/mol. The van der Waals surface area contributed by atoms with Gasteiger partial charge in [0.25, 0.3) is 5.91 Å². The van der Waals surface area contributed by atoms with Crippen molar-refractivity contribution in [2.24, 2.45) is 5.92 Å². The van der Waals surface area contributed by atoms with Gasteiger partial charge in [-0.1, -0.05) is 6.92 Å². The summed E-state index contributed by atoms with van der Waals surface area (Å²) < 4.78 is 13.5. The van der Waals surface area contributed by atoms with Crippen molar-refractivity contribution < 1.29 is 14.1 Å². The van der Waals surface area contributed by atoms with Gasteiger partial charge in [0.15, 0.2) is 0 Å². The first-order valence-corrected chi connectivity index (χ1v) is 6.22. The minimum Gasteiger partial charge on any atom is -0.339 e. The molecule has 102 valence electrons. The fourth-order valence-electron chi connectivity index (χ4n) is 2.18. The van der Waals surface area contributed by atoms with E-state index in [1.165, 1.54) is 6.07 Å². The molecular formula is C13H15FN2O3. The van der Waals surface area contributed by atoms with E-state index < -0.39 is 16.4 Å². The number of likely N-dealkylation sites (tertiary alicyclic amines) is 1. The maximum Gasteiger partial charge on any atom is 0.304 e. The number of nitro groups is 1. The number of amides is 1. The lowest BCUT2D eigenvalue weighted by Crippen LogP contribution is -2.37. The molecular weight excluding hydrogens is 251 g/mol. The van der Waals surface area contributed by atoms with Gasteiger partial charge in [-0.2, -0.15) is 4.39 Å². The Kier molecular flexibility index (Phi) is 3.78. The van der Waals surface area contributed by atoms with Gasteiger partial charge in [-0.05, 0) is 30.9 Å². The van der Waals surface area contributed by atoms with Crippen LogP contribution in [-0.2, 0) is 0 Å². The van der Waals surface area contributed by atoms with Crippen molar-refractivity contribution in [1.29, 1.82) is 0 Å². The summed E-state index contributed by atoms with van der Waals surface area (Å²) >= 11 is 0. The van der Waals surface area contributed by atoms with Crippen molar-refractivity contribution in [2.45, 2.75) is 19.8 Å². The lowest BCUT2D eigenvalue weighted by atomic mass is 9.98. The van der Waals surface area contributed by atoms with Crippen molar-refractivity contribution in [3.05, 3.63) is 39.7 Å². The highest BCUT2D eigenvalue weighted by Gasteiger charge is 2.23. The molecule has 1 aromatic carbocycles. The number of halogens is 1. The molecule has 1 amide bonds. The second kappa shape index (κ2) is 5.34. The van der Waals surface area contributed by atoms with Crippen LogP contribution in [0.25, 0.3) is 0 Å². The Morgan fingerprint density at radius 3 is 2.58 bits per heavy atom. The average Bonchev–Trinajstić information content (AvgIpc) is 2.38. The Morgan fingerprint density at radius 2 is 2.05 bits per heavy atom. The predicted octanol–water partition coefficient (Wildman–Crippen LogP) is 2.61. The Hall–Kier alpha value is -1.98. The second-order valence-electron chi connectivity index (χ2n) is 4.90. The average molecular weight is 266 g/mol. The molecule has 1 aliphatic rings. The molecule has 0 aliphatic carbocycles. The van der Waals surface area contributed by atoms with Crippen LogP contribution in [0.2, 0.25) is 0 Å². The molecule has 6 heteroatoms. The van der Waals surface area contributed by atoms with Crippen LogP contribution in [0.3, 0.4) is 0 Å². The maximum atomic E-state index is 13.5. The maximum absolute atomic E-state index is 13.5. The van der Waals surface area contributed by atoms with E-state index in [2.05, 4.69) is 6.92 Å². The van der Waals surface area contributed by atoms with Gasteiger partial charge in [0.2, 0.25) is 5.82 Å². The van der Waals surface area contributed by atoms with E-state index in [9.17, 15) is 19.3 Å². The van der Waals surface area contributed by atoms with Gasteiger partial charge in [-0.3, -0.25) is 14.9 Å². The van der Waals surface area contributed by atoms with E-state index in [1.807, 2.05) is 0 Å². The largest absolute Gasteiger partial charge is 0.339 e.